The molecule has 0 saturated carbocycles. The second-order valence-corrected chi connectivity index (χ2v) is 3.37. The first-order chi connectivity index (χ1) is 7.97. The van der Waals surface area contributed by atoms with Crippen LogP contribution in [0.25, 0.3) is 0 Å². The second-order valence-electron chi connectivity index (χ2n) is 3.37. The minimum absolute atomic E-state index is 0. The summed E-state index contributed by atoms with van der Waals surface area (Å²) in [5.74, 6) is -1.78. The van der Waals surface area contributed by atoms with Crippen molar-refractivity contribution in [2.24, 2.45) is 0 Å². The Balaban J connectivity index is 0.00000289. The van der Waals surface area contributed by atoms with Gasteiger partial charge in [-0.05, 0) is 6.92 Å². The number of likely N-dealkylation sites (N-methyl/N-ethyl adjacent to an activating group) is 1. The highest BCUT2D eigenvalue weighted by Crippen LogP contribution is 2.06. The van der Waals surface area contributed by atoms with Gasteiger partial charge >= 0.3 is 0 Å². The number of nitrogens with one attached hydrogen (secondary N) is 3. The lowest BCUT2D eigenvalue weighted by Gasteiger charge is -2.12. The van der Waals surface area contributed by atoms with Crippen LogP contribution >= 0.6 is 12.4 Å². The highest BCUT2D eigenvalue weighted by atomic mass is 35.5. The van der Waals surface area contributed by atoms with Crippen molar-refractivity contribution in [2.75, 3.05) is 7.05 Å². The van der Waals surface area contributed by atoms with Gasteiger partial charge < -0.3 is 20.7 Å². The molecular weight excluding hydrogens is 262 g/mol. The molecule has 2 amide bonds. The monoisotopic (exact) mass is 275 g/mol. The molecule has 1 heterocycles. The van der Waals surface area contributed by atoms with Crippen LogP contribution in [0.2, 0.25) is 0 Å². The number of amides is 2. The number of hydrogen-bond donors (Lipinski definition) is 4. The summed E-state index contributed by atoms with van der Waals surface area (Å²) >= 11 is 0. The van der Waals surface area contributed by atoms with Crippen molar-refractivity contribution in [2.45, 2.75) is 13.0 Å². The first-order valence-corrected chi connectivity index (χ1v) is 4.90. The molecule has 0 aromatic carbocycles. The summed E-state index contributed by atoms with van der Waals surface area (Å²) in [6.45, 7) is 1.48. The molecule has 100 valence electrons. The first kappa shape index (κ1) is 16.0. The minimum Gasteiger partial charge on any atom is -0.503 e. The molecule has 7 nitrogen and oxygen atoms in total. The molecule has 0 bridgehead atoms. The van der Waals surface area contributed by atoms with Crippen LogP contribution in [-0.2, 0) is 4.79 Å². The van der Waals surface area contributed by atoms with E-state index in [1.54, 1.807) is 0 Å². The molecule has 0 unspecified atom stereocenters. The quantitative estimate of drug-likeness (QED) is 0.588. The van der Waals surface area contributed by atoms with Gasteiger partial charge in [0.15, 0.2) is 11.4 Å². The van der Waals surface area contributed by atoms with E-state index in [2.05, 4.69) is 15.6 Å². The fraction of sp³-hybridized carbons (Fsp3) is 0.300. The summed E-state index contributed by atoms with van der Waals surface area (Å²) in [7, 11) is 1.44. The summed E-state index contributed by atoms with van der Waals surface area (Å²) in [4.78, 5) is 36.3. The highest BCUT2D eigenvalue weighted by Gasteiger charge is 2.19. The molecule has 4 N–H and O–H groups in total. The number of pyridine rings is 1. The fourth-order valence-electron chi connectivity index (χ4n) is 1.20. The Morgan fingerprint density at radius 2 is 2.06 bits per heavy atom. The summed E-state index contributed by atoms with van der Waals surface area (Å²) in [5, 5.41) is 14.1. The molecule has 0 aliphatic heterocycles. The van der Waals surface area contributed by atoms with E-state index >= 15 is 0 Å². The normalized spacial score (nSPS) is 11.0. The van der Waals surface area contributed by atoms with Crippen molar-refractivity contribution >= 4 is 24.2 Å². The van der Waals surface area contributed by atoms with Crippen LogP contribution in [0.15, 0.2) is 17.1 Å². The van der Waals surface area contributed by atoms with Gasteiger partial charge in [-0.2, -0.15) is 0 Å². The molecule has 0 spiro atoms. The Hall–Kier alpha value is -2.02. The maximum atomic E-state index is 11.6. The van der Waals surface area contributed by atoms with Gasteiger partial charge in [-0.3, -0.25) is 14.4 Å². The third-order valence-electron chi connectivity index (χ3n) is 2.15. The van der Waals surface area contributed by atoms with E-state index in [4.69, 9.17) is 0 Å². The smallest absolute Gasteiger partial charge is 0.272 e. The summed E-state index contributed by atoms with van der Waals surface area (Å²) < 4.78 is 0. The van der Waals surface area contributed by atoms with E-state index in [1.165, 1.54) is 20.2 Å². The number of hydrogen-bond acceptors (Lipinski definition) is 4. The van der Waals surface area contributed by atoms with E-state index in [-0.39, 0.29) is 24.0 Å². The topological polar surface area (TPSA) is 111 Å². The van der Waals surface area contributed by atoms with Crippen LogP contribution in [0.5, 0.6) is 5.75 Å². The van der Waals surface area contributed by atoms with Gasteiger partial charge in [-0.15, -0.1) is 12.4 Å². The highest BCUT2D eigenvalue weighted by molar-refractivity contribution is 5.97. The predicted molar refractivity (Wildman–Crippen MR) is 67.0 cm³/mol. The molecule has 0 saturated heterocycles. The minimum atomic E-state index is -0.768. The van der Waals surface area contributed by atoms with Gasteiger partial charge in [0.25, 0.3) is 5.91 Å². The average molecular weight is 276 g/mol. The maximum absolute atomic E-state index is 11.6. The number of aromatic nitrogens is 1. The molecule has 0 fully saturated rings. The van der Waals surface area contributed by atoms with E-state index in [1.807, 2.05) is 0 Å². The Bertz CT molecular complexity index is 500. The standard InChI is InChI=1S/C10H13N3O4.ClH/c1-5(9(16)11-2)13-10(17)7-8(15)6(14)3-4-12-7;/h3-5,15H,1-2H3,(H,11,16)(H,12,14)(H,13,17);1H/t5-;/m0./s1. The summed E-state index contributed by atoms with van der Waals surface area (Å²) in [5.41, 5.74) is -0.935. The molecule has 1 aromatic rings. The van der Waals surface area contributed by atoms with Crippen molar-refractivity contribution in [1.29, 1.82) is 0 Å². The molecule has 1 rings (SSSR count). The largest absolute Gasteiger partial charge is 0.503 e. The van der Waals surface area contributed by atoms with Crippen molar-refractivity contribution in [3.8, 4) is 5.75 Å². The fourth-order valence-corrected chi connectivity index (χ4v) is 1.20. The van der Waals surface area contributed by atoms with Crippen LogP contribution in [0.4, 0.5) is 0 Å². The lowest BCUT2D eigenvalue weighted by atomic mass is 10.2. The molecule has 0 aliphatic rings. The lowest BCUT2D eigenvalue weighted by Crippen LogP contribution is -2.44. The van der Waals surface area contributed by atoms with Crippen LogP contribution in [0.3, 0.4) is 0 Å². The first-order valence-electron chi connectivity index (χ1n) is 4.90. The number of aromatic hydroxyl groups is 1. The Labute approximate surface area is 109 Å². The molecule has 8 heteroatoms. The zero-order valence-electron chi connectivity index (χ0n) is 9.81. The van der Waals surface area contributed by atoms with Gasteiger partial charge in [-0.25, -0.2) is 0 Å². The van der Waals surface area contributed by atoms with Crippen LogP contribution in [-0.4, -0.2) is 35.0 Å². The van der Waals surface area contributed by atoms with E-state index in [9.17, 15) is 19.5 Å². The molecule has 1 aromatic heterocycles. The number of aromatic amines is 1. The molecule has 0 aliphatic carbocycles. The van der Waals surface area contributed by atoms with Crippen molar-refractivity contribution in [1.82, 2.24) is 15.6 Å². The number of carbonyl (C=O) groups is 2. The van der Waals surface area contributed by atoms with Crippen molar-refractivity contribution in [3.05, 3.63) is 28.2 Å². The number of H-pyrrole nitrogens is 1. The van der Waals surface area contributed by atoms with Gasteiger partial charge in [0.2, 0.25) is 11.3 Å². The van der Waals surface area contributed by atoms with Gasteiger partial charge in [0.05, 0.1) is 0 Å². The van der Waals surface area contributed by atoms with E-state index in [0.29, 0.717) is 0 Å². The Morgan fingerprint density at radius 1 is 1.44 bits per heavy atom. The zero-order chi connectivity index (χ0) is 13.0. The Kier molecular flexibility index (Phi) is 5.90. The maximum Gasteiger partial charge on any atom is 0.272 e. The number of halogens is 1. The van der Waals surface area contributed by atoms with E-state index in [0.717, 1.165) is 6.07 Å². The number of carbonyl (C=O) groups excluding carboxylic acids is 2. The van der Waals surface area contributed by atoms with Gasteiger partial charge in [0, 0.05) is 19.3 Å². The average Bonchev–Trinajstić information content (AvgIpc) is 2.31. The van der Waals surface area contributed by atoms with Gasteiger partial charge in [0.1, 0.15) is 6.04 Å². The SMILES string of the molecule is CNC(=O)[C@H](C)NC(=O)c1[nH]ccc(=O)c1O.Cl. The zero-order valence-corrected chi connectivity index (χ0v) is 10.6. The van der Waals surface area contributed by atoms with Crippen molar-refractivity contribution in [3.63, 3.8) is 0 Å². The summed E-state index contributed by atoms with van der Waals surface area (Å²) in [6.07, 6.45) is 1.24. The third kappa shape index (κ3) is 3.49. The predicted octanol–water partition coefficient (Wildman–Crippen LogP) is -0.633. The third-order valence-corrected chi connectivity index (χ3v) is 2.15. The Morgan fingerprint density at radius 3 is 2.61 bits per heavy atom. The number of rotatable bonds is 3. The second kappa shape index (κ2) is 6.65. The van der Waals surface area contributed by atoms with Crippen LogP contribution in [0, 0.1) is 0 Å². The lowest BCUT2D eigenvalue weighted by molar-refractivity contribution is -0.122. The van der Waals surface area contributed by atoms with Crippen LogP contribution in [0.1, 0.15) is 17.4 Å². The molecular formula is C10H14ClN3O4. The van der Waals surface area contributed by atoms with E-state index < -0.39 is 23.1 Å². The molecule has 18 heavy (non-hydrogen) atoms. The molecule has 1 atom stereocenters. The van der Waals surface area contributed by atoms with Gasteiger partial charge in [-0.1, -0.05) is 0 Å². The summed E-state index contributed by atoms with van der Waals surface area (Å²) in [6, 6.07) is 0.324. The molecule has 0 radical (unpaired) electrons. The van der Waals surface area contributed by atoms with Crippen LogP contribution < -0.4 is 16.1 Å². The van der Waals surface area contributed by atoms with Crippen molar-refractivity contribution < 1.29 is 14.7 Å².